The van der Waals surface area contributed by atoms with Crippen LogP contribution in [0, 0.1) is 6.92 Å². The molecule has 1 atom stereocenters. The minimum absolute atomic E-state index is 0.185. The molecule has 1 aromatic carbocycles. The molecule has 0 spiro atoms. The van der Waals surface area contributed by atoms with E-state index in [1.807, 2.05) is 12.1 Å². The number of aliphatic hydroxyl groups is 1. The van der Waals surface area contributed by atoms with Gasteiger partial charge < -0.3 is 20.5 Å². The smallest absolute Gasteiger partial charge is 0.314 e. The molecule has 2 amide bonds. The number of methoxy groups -OCH3 is 1. The Bertz CT molecular complexity index is 396. The molecule has 19 heavy (non-hydrogen) atoms. The van der Waals surface area contributed by atoms with E-state index in [4.69, 9.17) is 4.74 Å². The van der Waals surface area contributed by atoms with E-state index >= 15 is 0 Å². The Balaban J connectivity index is 2.19. The van der Waals surface area contributed by atoms with Crippen LogP contribution in [0.4, 0.5) is 4.79 Å². The van der Waals surface area contributed by atoms with E-state index in [0.29, 0.717) is 6.54 Å². The van der Waals surface area contributed by atoms with Crippen LogP contribution >= 0.6 is 0 Å². The fraction of sp³-hybridized carbons (Fsp3) is 0.500. The molecule has 1 rings (SSSR count). The van der Waals surface area contributed by atoms with E-state index < -0.39 is 6.10 Å². The first-order chi connectivity index (χ1) is 9.13. The maximum absolute atomic E-state index is 11.5. The van der Waals surface area contributed by atoms with E-state index in [1.165, 1.54) is 18.2 Å². The number of aliphatic hydroxyl groups excluding tert-OH is 1. The summed E-state index contributed by atoms with van der Waals surface area (Å²) in [6.45, 7) is 3.01. The molecule has 0 aliphatic rings. The van der Waals surface area contributed by atoms with Crippen LogP contribution in [0.5, 0.6) is 0 Å². The van der Waals surface area contributed by atoms with Gasteiger partial charge in [0.05, 0.1) is 12.7 Å². The first kappa shape index (κ1) is 15.5. The summed E-state index contributed by atoms with van der Waals surface area (Å²) in [5.74, 6) is 0. The minimum atomic E-state index is -0.674. The Labute approximate surface area is 114 Å². The van der Waals surface area contributed by atoms with Gasteiger partial charge in [-0.3, -0.25) is 0 Å². The average Bonchev–Trinajstić information content (AvgIpc) is 2.39. The Kier molecular flexibility index (Phi) is 6.92. The Morgan fingerprint density at radius 1 is 1.37 bits per heavy atom. The number of carbonyl (C=O) groups is 1. The van der Waals surface area contributed by atoms with Crippen LogP contribution in [0.1, 0.15) is 11.1 Å². The molecular weight excluding hydrogens is 244 g/mol. The molecule has 5 nitrogen and oxygen atoms in total. The van der Waals surface area contributed by atoms with Crippen molar-refractivity contribution < 1.29 is 14.6 Å². The van der Waals surface area contributed by atoms with Crippen molar-refractivity contribution in [3.05, 3.63) is 35.4 Å². The SMILES string of the molecule is COCC(O)CNC(=O)NCCc1ccccc1C. The van der Waals surface area contributed by atoms with E-state index in [1.54, 1.807) is 0 Å². The zero-order valence-corrected chi connectivity index (χ0v) is 11.5. The summed E-state index contributed by atoms with van der Waals surface area (Å²) in [5.41, 5.74) is 2.45. The van der Waals surface area contributed by atoms with Gasteiger partial charge in [0.25, 0.3) is 0 Å². The van der Waals surface area contributed by atoms with Gasteiger partial charge in [0.2, 0.25) is 0 Å². The second-order valence-corrected chi connectivity index (χ2v) is 4.42. The van der Waals surface area contributed by atoms with E-state index in [0.717, 1.165) is 6.42 Å². The minimum Gasteiger partial charge on any atom is -0.389 e. The van der Waals surface area contributed by atoms with Crippen LogP contribution < -0.4 is 10.6 Å². The van der Waals surface area contributed by atoms with Gasteiger partial charge >= 0.3 is 6.03 Å². The molecule has 1 unspecified atom stereocenters. The van der Waals surface area contributed by atoms with Crippen molar-refractivity contribution in [2.45, 2.75) is 19.4 Å². The third-order valence-corrected chi connectivity index (χ3v) is 2.80. The van der Waals surface area contributed by atoms with Crippen molar-refractivity contribution in [2.24, 2.45) is 0 Å². The fourth-order valence-electron chi connectivity index (χ4n) is 1.73. The maximum Gasteiger partial charge on any atom is 0.314 e. The highest BCUT2D eigenvalue weighted by Crippen LogP contribution is 2.06. The molecule has 3 N–H and O–H groups in total. The van der Waals surface area contributed by atoms with Gasteiger partial charge in [-0.15, -0.1) is 0 Å². The summed E-state index contributed by atoms with van der Waals surface area (Å²) in [4.78, 5) is 11.5. The van der Waals surface area contributed by atoms with E-state index in [-0.39, 0.29) is 19.2 Å². The van der Waals surface area contributed by atoms with E-state index in [9.17, 15) is 9.90 Å². The lowest BCUT2D eigenvalue weighted by molar-refractivity contribution is 0.0660. The molecule has 0 bridgehead atoms. The number of urea groups is 1. The Morgan fingerprint density at radius 3 is 2.79 bits per heavy atom. The molecule has 0 fully saturated rings. The number of carbonyl (C=O) groups excluding carboxylic acids is 1. The second kappa shape index (κ2) is 8.50. The Hall–Kier alpha value is -1.59. The maximum atomic E-state index is 11.5. The number of rotatable bonds is 7. The molecule has 1 aromatic rings. The molecule has 106 valence electrons. The highest BCUT2D eigenvalue weighted by Gasteiger charge is 2.06. The van der Waals surface area contributed by atoms with Gasteiger partial charge in [-0.1, -0.05) is 24.3 Å². The topological polar surface area (TPSA) is 70.6 Å². The van der Waals surface area contributed by atoms with Crippen LogP contribution in [0.3, 0.4) is 0 Å². The lowest BCUT2D eigenvalue weighted by Gasteiger charge is -2.12. The normalized spacial score (nSPS) is 11.9. The summed E-state index contributed by atoms with van der Waals surface area (Å²) >= 11 is 0. The van der Waals surface area contributed by atoms with Crippen LogP contribution in [0.25, 0.3) is 0 Å². The summed E-state index contributed by atoms with van der Waals surface area (Å²) in [6.07, 6.45) is 0.118. The van der Waals surface area contributed by atoms with Crippen molar-refractivity contribution in [1.29, 1.82) is 0 Å². The fourth-order valence-corrected chi connectivity index (χ4v) is 1.73. The summed E-state index contributed by atoms with van der Waals surface area (Å²) < 4.78 is 4.77. The molecule has 0 radical (unpaired) electrons. The van der Waals surface area contributed by atoms with Crippen LogP contribution in [-0.4, -0.2) is 44.0 Å². The number of aryl methyl sites for hydroxylation is 1. The molecule has 0 aliphatic carbocycles. The Morgan fingerprint density at radius 2 is 2.11 bits per heavy atom. The van der Waals surface area contributed by atoms with Gasteiger partial charge in [0, 0.05) is 20.2 Å². The van der Waals surface area contributed by atoms with Gasteiger partial charge in [0.15, 0.2) is 0 Å². The molecule has 5 heteroatoms. The number of hydrogen-bond donors (Lipinski definition) is 3. The number of ether oxygens (including phenoxy) is 1. The highest BCUT2D eigenvalue weighted by molar-refractivity contribution is 5.73. The quantitative estimate of drug-likeness (QED) is 0.685. The monoisotopic (exact) mass is 266 g/mol. The molecule has 0 saturated heterocycles. The predicted octanol–water partition coefficient (Wildman–Crippen LogP) is 0.844. The number of amides is 2. The van der Waals surface area contributed by atoms with Crippen molar-refractivity contribution >= 4 is 6.03 Å². The van der Waals surface area contributed by atoms with Gasteiger partial charge in [-0.25, -0.2) is 4.79 Å². The third-order valence-electron chi connectivity index (χ3n) is 2.80. The largest absolute Gasteiger partial charge is 0.389 e. The molecule has 0 aliphatic heterocycles. The number of hydrogen-bond acceptors (Lipinski definition) is 3. The van der Waals surface area contributed by atoms with Gasteiger partial charge in [-0.2, -0.15) is 0 Å². The number of benzene rings is 1. The molecule has 0 aromatic heterocycles. The van der Waals surface area contributed by atoms with Crippen molar-refractivity contribution in [1.82, 2.24) is 10.6 Å². The standard InChI is InChI=1S/C14H22N2O3/c1-11-5-3-4-6-12(11)7-8-15-14(18)16-9-13(17)10-19-2/h3-6,13,17H,7-10H2,1-2H3,(H2,15,16,18). The zero-order chi connectivity index (χ0) is 14.1. The highest BCUT2D eigenvalue weighted by atomic mass is 16.5. The first-order valence-electron chi connectivity index (χ1n) is 6.36. The lowest BCUT2D eigenvalue weighted by atomic mass is 10.1. The van der Waals surface area contributed by atoms with Crippen LogP contribution in [0.15, 0.2) is 24.3 Å². The lowest BCUT2D eigenvalue weighted by Crippen LogP contribution is -2.41. The summed E-state index contributed by atoms with van der Waals surface area (Å²) in [6, 6.07) is 7.82. The summed E-state index contributed by atoms with van der Waals surface area (Å²) in [7, 11) is 1.51. The van der Waals surface area contributed by atoms with Crippen molar-refractivity contribution in [2.75, 3.05) is 26.8 Å². The predicted molar refractivity (Wildman–Crippen MR) is 74.2 cm³/mol. The average molecular weight is 266 g/mol. The van der Waals surface area contributed by atoms with E-state index in [2.05, 4.69) is 29.7 Å². The van der Waals surface area contributed by atoms with Crippen molar-refractivity contribution in [3.63, 3.8) is 0 Å². The molecule has 0 heterocycles. The van der Waals surface area contributed by atoms with Gasteiger partial charge in [-0.05, 0) is 24.5 Å². The van der Waals surface area contributed by atoms with Crippen molar-refractivity contribution in [3.8, 4) is 0 Å². The van der Waals surface area contributed by atoms with Crippen LogP contribution in [0.2, 0.25) is 0 Å². The second-order valence-electron chi connectivity index (χ2n) is 4.42. The molecule has 0 saturated carbocycles. The van der Waals surface area contributed by atoms with Crippen LogP contribution in [-0.2, 0) is 11.2 Å². The molecular formula is C14H22N2O3. The summed E-state index contributed by atoms with van der Waals surface area (Å²) in [5, 5.41) is 14.7. The van der Waals surface area contributed by atoms with Gasteiger partial charge in [0.1, 0.15) is 0 Å². The number of nitrogens with one attached hydrogen (secondary N) is 2. The first-order valence-corrected chi connectivity index (χ1v) is 6.36. The third kappa shape index (κ3) is 6.22. The zero-order valence-electron chi connectivity index (χ0n) is 11.5.